The summed E-state index contributed by atoms with van der Waals surface area (Å²) in [5, 5.41) is 4.91. The summed E-state index contributed by atoms with van der Waals surface area (Å²) in [4.78, 5) is 20.3. The predicted octanol–water partition coefficient (Wildman–Crippen LogP) is 3.05. The summed E-state index contributed by atoms with van der Waals surface area (Å²) in [7, 11) is 0. The first-order valence-corrected chi connectivity index (χ1v) is 9.15. The lowest BCUT2D eigenvalue weighted by atomic mass is 9.91. The Morgan fingerprint density at radius 2 is 2.21 bits per heavy atom. The molecule has 1 amide bonds. The molecule has 6 nitrogen and oxygen atoms in total. The fraction of sp³-hybridized carbons (Fsp3) is 0.588. The number of ether oxygens (including phenoxy) is 1. The van der Waals surface area contributed by atoms with E-state index < -0.39 is 0 Å². The first-order chi connectivity index (χ1) is 11.5. The molecule has 2 fully saturated rings. The average molecular weight is 347 g/mol. The van der Waals surface area contributed by atoms with Gasteiger partial charge < -0.3 is 14.2 Å². The van der Waals surface area contributed by atoms with Gasteiger partial charge in [0.25, 0.3) is 5.91 Å². The molecule has 0 saturated carbocycles. The van der Waals surface area contributed by atoms with Crippen LogP contribution < -0.4 is 0 Å². The van der Waals surface area contributed by atoms with Gasteiger partial charge >= 0.3 is 0 Å². The van der Waals surface area contributed by atoms with Gasteiger partial charge in [-0.25, -0.2) is 4.98 Å². The first kappa shape index (κ1) is 15.8. The number of hydrogen-bond donors (Lipinski definition) is 0. The van der Waals surface area contributed by atoms with Crippen molar-refractivity contribution >= 4 is 17.2 Å². The Labute approximate surface area is 144 Å². The van der Waals surface area contributed by atoms with Crippen LogP contribution in [-0.4, -0.2) is 40.1 Å². The second-order valence-corrected chi connectivity index (χ2v) is 7.95. The molecule has 24 heavy (non-hydrogen) atoms. The summed E-state index contributed by atoms with van der Waals surface area (Å²) in [5.41, 5.74) is 1.47. The molecular weight excluding hydrogens is 326 g/mol. The van der Waals surface area contributed by atoms with Crippen LogP contribution in [0.2, 0.25) is 0 Å². The maximum Gasteiger partial charge on any atom is 0.276 e. The molecule has 7 heteroatoms. The summed E-state index contributed by atoms with van der Waals surface area (Å²) < 4.78 is 11.3. The lowest BCUT2D eigenvalue weighted by molar-refractivity contribution is -0.00477. The van der Waals surface area contributed by atoms with E-state index in [2.05, 4.69) is 17.1 Å². The number of carbonyl (C=O) groups excluding carboxylic acids is 1. The van der Waals surface area contributed by atoms with E-state index >= 15 is 0 Å². The largest absolute Gasteiger partial charge is 0.366 e. The average Bonchev–Trinajstić information content (AvgIpc) is 3.25. The third-order valence-electron chi connectivity index (χ3n) is 5.01. The highest BCUT2D eigenvalue weighted by Crippen LogP contribution is 2.42. The number of fused-ring (bicyclic) bond motifs is 1. The maximum atomic E-state index is 12.5. The molecule has 0 N–H and O–H groups in total. The van der Waals surface area contributed by atoms with Gasteiger partial charge in [0.15, 0.2) is 5.69 Å². The molecular formula is C17H21N3O3S. The van der Waals surface area contributed by atoms with E-state index in [0.29, 0.717) is 23.9 Å². The van der Waals surface area contributed by atoms with Crippen molar-refractivity contribution in [3.63, 3.8) is 0 Å². The van der Waals surface area contributed by atoms with Crippen molar-refractivity contribution < 1.29 is 14.1 Å². The van der Waals surface area contributed by atoms with Crippen molar-refractivity contribution in [2.24, 2.45) is 5.92 Å². The van der Waals surface area contributed by atoms with Gasteiger partial charge in [-0.1, -0.05) is 5.16 Å². The van der Waals surface area contributed by atoms with Gasteiger partial charge in [0, 0.05) is 24.0 Å². The topological polar surface area (TPSA) is 68.5 Å². The van der Waals surface area contributed by atoms with Crippen molar-refractivity contribution in [2.75, 3.05) is 13.1 Å². The molecule has 0 aliphatic carbocycles. The van der Waals surface area contributed by atoms with E-state index in [-0.39, 0.29) is 18.1 Å². The normalized spacial score (nSPS) is 26.6. The zero-order valence-corrected chi connectivity index (χ0v) is 14.9. The Morgan fingerprint density at radius 1 is 1.38 bits per heavy atom. The van der Waals surface area contributed by atoms with Crippen molar-refractivity contribution in [1.29, 1.82) is 0 Å². The van der Waals surface area contributed by atoms with E-state index in [0.717, 1.165) is 30.1 Å². The van der Waals surface area contributed by atoms with Crippen LogP contribution in [0.5, 0.6) is 0 Å². The number of nitrogens with zero attached hydrogens (tertiary/aromatic N) is 3. The minimum atomic E-state index is -0.0710. The molecule has 0 spiro atoms. The number of aryl methyl sites for hydroxylation is 3. The maximum absolute atomic E-state index is 12.5. The fourth-order valence-corrected chi connectivity index (χ4v) is 4.51. The van der Waals surface area contributed by atoms with Crippen molar-refractivity contribution in [3.8, 4) is 0 Å². The van der Waals surface area contributed by atoms with Crippen LogP contribution in [0.15, 0.2) is 10.6 Å². The van der Waals surface area contributed by atoms with Crippen molar-refractivity contribution in [1.82, 2.24) is 15.0 Å². The molecule has 2 aliphatic rings. The minimum absolute atomic E-state index is 0.0710. The van der Waals surface area contributed by atoms with E-state index in [4.69, 9.17) is 9.26 Å². The molecule has 0 unspecified atom stereocenters. The van der Waals surface area contributed by atoms with Gasteiger partial charge in [0.2, 0.25) is 0 Å². The summed E-state index contributed by atoms with van der Waals surface area (Å²) in [6, 6.07) is 1.69. The number of hydrogen-bond acceptors (Lipinski definition) is 6. The van der Waals surface area contributed by atoms with Crippen LogP contribution in [0.3, 0.4) is 0 Å². The SMILES string of the molecule is Cc1cc(C(=O)N2CC[C@@H]3C[C@@H](c4nc(C)c(C)s4)O[C@H]3C2)no1. The Balaban J connectivity index is 1.45. The minimum Gasteiger partial charge on any atom is -0.366 e. The quantitative estimate of drug-likeness (QED) is 0.835. The van der Waals surface area contributed by atoms with E-state index in [9.17, 15) is 4.79 Å². The van der Waals surface area contributed by atoms with E-state index in [1.54, 1.807) is 24.3 Å². The highest BCUT2D eigenvalue weighted by Gasteiger charge is 2.42. The number of carbonyl (C=O) groups is 1. The molecule has 4 heterocycles. The number of piperidine rings is 1. The van der Waals surface area contributed by atoms with Crippen LogP contribution in [-0.2, 0) is 4.74 Å². The zero-order valence-electron chi connectivity index (χ0n) is 14.1. The molecule has 4 rings (SSSR count). The number of thiazole rings is 1. The third-order valence-corrected chi connectivity index (χ3v) is 6.17. The number of rotatable bonds is 2. The van der Waals surface area contributed by atoms with Crippen LogP contribution in [0, 0.1) is 26.7 Å². The smallest absolute Gasteiger partial charge is 0.276 e. The zero-order chi connectivity index (χ0) is 16.8. The standard InChI is InChI=1S/C17H21N3O3S/c1-9-6-13(19-23-9)17(21)20-5-4-12-7-14(22-15(12)8-20)16-18-10(2)11(3)24-16/h6,12,14-15H,4-5,7-8H2,1-3H3/t12-,14+,15+/m1/s1. The summed E-state index contributed by atoms with van der Waals surface area (Å²) in [6.45, 7) is 7.29. The Bertz CT molecular complexity index is 749. The molecule has 2 aliphatic heterocycles. The summed E-state index contributed by atoms with van der Waals surface area (Å²) >= 11 is 1.72. The first-order valence-electron chi connectivity index (χ1n) is 8.33. The highest BCUT2D eigenvalue weighted by molar-refractivity contribution is 7.11. The van der Waals surface area contributed by atoms with E-state index in [1.807, 2.05) is 11.8 Å². The van der Waals surface area contributed by atoms with Crippen LogP contribution >= 0.6 is 11.3 Å². The lowest BCUT2D eigenvalue weighted by Gasteiger charge is -2.33. The highest BCUT2D eigenvalue weighted by atomic mass is 32.1. The fourth-order valence-electron chi connectivity index (χ4n) is 3.54. The van der Waals surface area contributed by atoms with Gasteiger partial charge in [-0.2, -0.15) is 0 Å². The second kappa shape index (κ2) is 5.97. The molecule has 128 valence electrons. The molecule has 3 atom stereocenters. The molecule has 2 saturated heterocycles. The Morgan fingerprint density at radius 3 is 2.88 bits per heavy atom. The van der Waals surface area contributed by atoms with Gasteiger partial charge in [0.05, 0.1) is 11.8 Å². The van der Waals surface area contributed by atoms with Gasteiger partial charge in [-0.05, 0) is 39.5 Å². The summed E-state index contributed by atoms with van der Waals surface area (Å²) in [6.07, 6.45) is 2.13. The van der Waals surface area contributed by atoms with Crippen molar-refractivity contribution in [2.45, 2.75) is 45.8 Å². The monoisotopic (exact) mass is 347 g/mol. The van der Waals surface area contributed by atoms with Crippen molar-refractivity contribution in [3.05, 3.63) is 33.1 Å². The number of likely N-dealkylation sites (tertiary alicyclic amines) is 1. The molecule has 2 aromatic rings. The summed E-state index contributed by atoms with van der Waals surface area (Å²) in [5.74, 6) is 1.08. The van der Waals surface area contributed by atoms with Crippen LogP contribution in [0.4, 0.5) is 0 Å². The van der Waals surface area contributed by atoms with Gasteiger partial charge in [-0.3, -0.25) is 4.79 Å². The van der Waals surface area contributed by atoms with Crippen LogP contribution in [0.25, 0.3) is 0 Å². The van der Waals surface area contributed by atoms with Crippen LogP contribution in [0.1, 0.15) is 50.8 Å². The Hall–Kier alpha value is -1.73. The molecule has 0 aromatic carbocycles. The molecule has 0 bridgehead atoms. The molecule has 0 radical (unpaired) electrons. The predicted molar refractivity (Wildman–Crippen MR) is 89.1 cm³/mol. The number of aromatic nitrogens is 2. The third kappa shape index (κ3) is 2.75. The Kier molecular flexibility index (Phi) is 3.92. The van der Waals surface area contributed by atoms with Gasteiger partial charge in [-0.15, -0.1) is 11.3 Å². The number of amides is 1. The molecule has 2 aromatic heterocycles. The van der Waals surface area contributed by atoms with Gasteiger partial charge in [0.1, 0.15) is 16.9 Å². The van der Waals surface area contributed by atoms with E-state index in [1.165, 1.54) is 4.88 Å². The lowest BCUT2D eigenvalue weighted by Crippen LogP contribution is -2.45. The second-order valence-electron chi connectivity index (χ2n) is 6.72.